The van der Waals surface area contributed by atoms with E-state index >= 15 is 0 Å². The molecule has 1 amide bonds. The first-order chi connectivity index (χ1) is 12.0. The Morgan fingerprint density at radius 2 is 2.00 bits per heavy atom. The minimum atomic E-state index is -0.466. The van der Waals surface area contributed by atoms with Crippen LogP contribution in [0.5, 0.6) is 11.5 Å². The van der Waals surface area contributed by atoms with Crippen LogP contribution in [0.2, 0.25) is 0 Å². The van der Waals surface area contributed by atoms with Crippen molar-refractivity contribution in [2.45, 2.75) is 6.54 Å². The quantitative estimate of drug-likeness (QED) is 0.487. The molecule has 1 heterocycles. The van der Waals surface area contributed by atoms with Crippen LogP contribution in [0.3, 0.4) is 0 Å². The van der Waals surface area contributed by atoms with Crippen LogP contribution >= 0.6 is 0 Å². The van der Waals surface area contributed by atoms with Crippen molar-refractivity contribution in [3.8, 4) is 23.3 Å². The van der Waals surface area contributed by atoms with Gasteiger partial charge in [0.05, 0.1) is 11.5 Å². The first-order valence-electron chi connectivity index (χ1n) is 7.43. The summed E-state index contributed by atoms with van der Waals surface area (Å²) in [5.41, 5.74) is 1.05. The van der Waals surface area contributed by atoms with Gasteiger partial charge in [-0.05, 0) is 18.2 Å². The van der Waals surface area contributed by atoms with Crippen LogP contribution in [0, 0.1) is 22.0 Å². The fourth-order valence-corrected chi connectivity index (χ4v) is 2.35. The normalized spacial score (nSPS) is 11.4. The Hall–Kier alpha value is -3.53. The van der Waals surface area contributed by atoms with E-state index in [9.17, 15) is 14.9 Å². The number of amides is 1. The van der Waals surface area contributed by atoms with Crippen LogP contribution in [-0.4, -0.2) is 29.6 Å². The van der Waals surface area contributed by atoms with Crippen molar-refractivity contribution >= 4 is 11.6 Å². The molecule has 0 spiro atoms. The van der Waals surface area contributed by atoms with E-state index in [0.29, 0.717) is 22.6 Å². The Kier molecular flexibility index (Phi) is 4.53. The maximum Gasteiger partial charge on any atom is 0.298 e. The molecule has 0 saturated carbocycles. The SMILES string of the molecule is CN(Cc1ccccc1[N+](=O)[O-])C(=O)C#Cc1ccc2c(c1)OCO2. The number of hydrogen-bond acceptors (Lipinski definition) is 5. The van der Waals surface area contributed by atoms with Crippen molar-refractivity contribution in [1.82, 2.24) is 4.90 Å². The van der Waals surface area contributed by atoms with Gasteiger partial charge in [-0.1, -0.05) is 24.1 Å². The summed E-state index contributed by atoms with van der Waals surface area (Å²) in [5, 5.41) is 11.0. The van der Waals surface area contributed by atoms with Crippen molar-refractivity contribution in [1.29, 1.82) is 0 Å². The Morgan fingerprint density at radius 1 is 1.24 bits per heavy atom. The molecule has 0 aliphatic carbocycles. The summed E-state index contributed by atoms with van der Waals surface area (Å²) < 4.78 is 10.5. The highest BCUT2D eigenvalue weighted by Crippen LogP contribution is 2.32. The monoisotopic (exact) mass is 338 g/mol. The Balaban J connectivity index is 1.71. The van der Waals surface area contributed by atoms with Crippen LogP contribution < -0.4 is 9.47 Å². The standard InChI is InChI=1S/C18H14N2O5/c1-19(11-14-4-2-3-5-15(14)20(22)23)18(21)9-7-13-6-8-16-17(10-13)25-12-24-16/h2-6,8,10H,11-12H2,1H3. The summed E-state index contributed by atoms with van der Waals surface area (Å²) in [4.78, 5) is 24.1. The third-order valence-corrected chi connectivity index (χ3v) is 3.63. The smallest absolute Gasteiger partial charge is 0.298 e. The molecular formula is C18H14N2O5. The van der Waals surface area contributed by atoms with Gasteiger partial charge in [0.2, 0.25) is 6.79 Å². The highest BCUT2D eigenvalue weighted by Gasteiger charge is 2.16. The topological polar surface area (TPSA) is 81.9 Å². The largest absolute Gasteiger partial charge is 0.454 e. The predicted molar refractivity (Wildman–Crippen MR) is 89.0 cm³/mol. The number of fused-ring (bicyclic) bond motifs is 1. The van der Waals surface area contributed by atoms with Crippen LogP contribution in [-0.2, 0) is 11.3 Å². The molecule has 0 saturated heterocycles. The lowest BCUT2D eigenvalue weighted by molar-refractivity contribution is -0.385. The van der Waals surface area contributed by atoms with Crippen molar-refractivity contribution in [2.24, 2.45) is 0 Å². The molecule has 7 heteroatoms. The van der Waals surface area contributed by atoms with Gasteiger partial charge < -0.3 is 14.4 Å². The molecule has 0 atom stereocenters. The molecular weight excluding hydrogens is 324 g/mol. The van der Waals surface area contributed by atoms with Gasteiger partial charge in [-0.2, -0.15) is 0 Å². The number of carbonyl (C=O) groups excluding carboxylic acids is 1. The fourth-order valence-electron chi connectivity index (χ4n) is 2.35. The van der Waals surface area contributed by atoms with Gasteiger partial charge in [0.25, 0.3) is 11.6 Å². The lowest BCUT2D eigenvalue weighted by atomic mass is 10.1. The van der Waals surface area contributed by atoms with E-state index in [0.717, 1.165) is 0 Å². The summed E-state index contributed by atoms with van der Waals surface area (Å²) in [6, 6.07) is 11.5. The van der Waals surface area contributed by atoms with Gasteiger partial charge >= 0.3 is 0 Å². The van der Waals surface area contributed by atoms with Crippen LogP contribution in [0.1, 0.15) is 11.1 Å². The molecule has 3 rings (SSSR count). The van der Waals surface area contributed by atoms with Gasteiger partial charge in [-0.15, -0.1) is 0 Å². The molecule has 0 aromatic heterocycles. The lowest BCUT2D eigenvalue weighted by Crippen LogP contribution is -2.25. The molecule has 0 bridgehead atoms. The molecule has 2 aromatic carbocycles. The summed E-state index contributed by atoms with van der Waals surface area (Å²) in [6.45, 7) is 0.273. The summed E-state index contributed by atoms with van der Waals surface area (Å²) >= 11 is 0. The van der Waals surface area contributed by atoms with E-state index in [2.05, 4.69) is 11.8 Å². The molecule has 1 aliphatic rings. The van der Waals surface area contributed by atoms with E-state index in [1.165, 1.54) is 11.0 Å². The number of nitrogens with zero attached hydrogens (tertiary/aromatic N) is 2. The molecule has 1 aliphatic heterocycles. The number of ether oxygens (including phenoxy) is 2. The van der Waals surface area contributed by atoms with Gasteiger partial charge in [0.1, 0.15) is 0 Å². The number of benzene rings is 2. The van der Waals surface area contributed by atoms with Gasteiger partial charge in [-0.25, -0.2) is 0 Å². The van der Waals surface area contributed by atoms with Crippen molar-refractivity contribution in [3.63, 3.8) is 0 Å². The maximum absolute atomic E-state index is 12.2. The Labute approximate surface area is 143 Å². The molecule has 0 unspecified atom stereocenters. The molecule has 2 aromatic rings. The molecule has 0 radical (unpaired) electrons. The summed E-state index contributed by atoms with van der Waals surface area (Å²) in [6.07, 6.45) is 0. The van der Waals surface area contributed by atoms with Crippen LogP contribution in [0.25, 0.3) is 0 Å². The predicted octanol–water partition coefficient (Wildman–Crippen LogP) is 2.33. The van der Waals surface area contributed by atoms with Crippen molar-refractivity contribution in [3.05, 3.63) is 63.7 Å². The third-order valence-electron chi connectivity index (χ3n) is 3.63. The minimum Gasteiger partial charge on any atom is -0.454 e. The van der Waals surface area contributed by atoms with E-state index in [1.807, 2.05) is 0 Å². The fraction of sp³-hybridized carbons (Fsp3) is 0.167. The minimum absolute atomic E-state index is 0.0223. The maximum atomic E-state index is 12.2. The second-order valence-electron chi connectivity index (χ2n) is 5.37. The second kappa shape index (κ2) is 6.93. The first kappa shape index (κ1) is 16.3. The first-order valence-corrected chi connectivity index (χ1v) is 7.43. The molecule has 0 N–H and O–H groups in total. The molecule has 25 heavy (non-hydrogen) atoms. The zero-order chi connectivity index (χ0) is 17.8. The van der Waals surface area contributed by atoms with E-state index in [-0.39, 0.29) is 19.0 Å². The number of para-hydroxylation sites is 1. The van der Waals surface area contributed by atoms with Crippen LogP contribution in [0.4, 0.5) is 5.69 Å². The molecule has 7 nitrogen and oxygen atoms in total. The lowest BCUT2D eigenvalue weighted by Gasteiger charge is -2.13. The van der Waals surface area contributed by atoms with Crippen molar-refractivity contribution in [2.75, 3.05) is 13.8 Å². The van der Waals surface area contributed by atoms with E-state index in [1.54, 1.807) is 43.4 Å². The summed E-state index contributed by atoms with van der Waals surface area (Å²) in [5.74, 6) is 6.10. The summed E-state index contributed by atoms with van der Waals surface area (Å²) in [7, 11) is 1.55. The number of rotatable bonds is 3. The van der Waals surface area contributed by atoms with Crippen molar-refractivity contribution < 1.29 is 19.2 Å². The molecule has 0 fully saturated rings. The van der Waals surface area contributed by atoms with Gasteiger partial charge in [0.15, 0.2) is 11.5 Å². The number of nitro benzene ring substituents is 1. The van der Waals surface area contributed by atoms with Crippen LogP contribution in [0.15, 0.2) is 42.5 Å². The second-order valence-corrected chi connectivity index (χ2v) is 5.37. The third kappa shape index (κ3) is 3.70. The molecule has 126 valence electrons. The van der Waals surface area contributed by atoms with Gasteiger partial charge in [-0.3, -0.25) is 14.9 Å². The van der Waals surface area contributed by atoms with E-state index < -0.39 is 10.8 Å². The Bertz CT molecular complexity index is 898. The highest BCUT2D eigenvalue weighted by molar-refractivity contribution is 5.94. The number of hydrogen-bond donors (Lipinski definition) is 0. The number of carbonyl (C=O) groups is 1. The average molecular weight is 338 g/mol. The van der Waals surface area contributed by atoms with Gasteiger partial charge in [0, 0.05) is 30.2 Å². The average Bonchev–Trinajstić information content (AvgIpc) is 3.07. The Morgan fingerprint density at radius 3 is 2.80 bits per heavy atom. The highest BCUT2D eigenvalue weighted by atomic mass is 16.7. The zero-order valence-corrected chi connectivity index (χ0v) is 13.4. The zero-order valence-electron chi connectivity index (χ0n) is 13.4. The number of nitro groups is 1. The van der Waals surface area contributed by atoms with E-state index in [4.69, 9.17) is 9.47 Å².